The van der Waals surface area contributed by atoms with Gasteiger partial charge in [-0.1, -0.05) is 59.6 Å². The van der Waals surface area contributed by atoms with E-state index in [0.717, 1.165) is 11.1 Å². The summed E-state index contributed by atoms with van der Waals surface area (Å²) in [5, 5.41) is 4.36. The van der Waals surface area contributed by atoms with Gasteiger partial charge in [0.05, 0.1) is 0 Å². The molecule has 0 aliphatic carbocycles. The Hall–Kier alpha value is -2.24. The lowest BCUT2D eigenvalue weighted by molar-refractivity contribution is 0.251. The first-order valence-electron chi connectivity index (χ1n) is 8.62. The first-order chi connectivity index (χ1) is 12.9. The first kappa shape index (κ1) is 18.1. The fourth-order valence-electron chi connectivity index (χ4n) is 3.29. The van der Waals surface area contributed by atoms with Crippen molar-refractivity contribution in [2.24, 2.45) is 9.98 Å². The van der Waals surface area contributed by atoms with E-state index in [-0.39, 0.29) is 0 Å². The van der Waals surface area contributed by atoms with Crippen molar-refractivity contribution >= 4 is 35.2 Å². The molecule has 140 valence electrons. The molecule has 0 radical (unpaired) electrons. The first-order valence-corrected chi connectivity index (χ1v) is 9.38. The van der Waals surface area contributed by atoms with Crippen LogP contribution in [0.2, 0.25) is 10.0 Å². The van der Waals surface area contributed by atoms with E-state index in [1.807, 2.05) is 62.4 Å². The molecule has 2 aromatic rings. The van der Waals surface area contributed by atoms with Crippen LogP contribution in [0.4, 0.5) is 0 Å². The van der Waals surface area contributed by atoms with Crippen molar-refractivity contribution < 1.29 is 9.47 Å². The van der Waals surface area contributed by atoms with Gasteiger partial charge in [-0.15, -0.1) is 0 Å². The third-order valence-corrected chi connectivity index (χ3v) is 5.46. The monoisotopic (exact) mass is 403 g/mol. The number of hydrogen-bond acceptors (Lipinski definition) is 5. The highest BCUT2D eigenvalue weighted by molar-refractivity contribution is 6.31. The molecule has 5 nitrogen and oxygen atoms in total. The van der Waals surface area contributed by atoms with E-state index in [1.54, 1.807) is 0 Å². The van der Waals surface area contributed by atoms with E-state index in [0.29, 0.717) is 35.3 Å². The maximum absolute atomic E-state index is 6.33. The van der Waals surface area contributed by atoms with Gasteiger partial charge in [0.1, 0.15) is 24.3 Å². The second kappa shape index (κ2) is 6.73. The summed E-state index contributed by atoms with van der Waals surface area (Å²) in [6.45, 7) is 4.73. The predicted octanol–water partition coefficient (Wildman–Crippen LogP) is 4.49. The van der Waals surface area contributed by atoms with Crippen LogP contribution < -0.4 is 5.32 Å². The molecule has 0 bridgehead atoms. The quantitative estimate of drug-likeness (QED) is 0.803. The molecule has 2 aliphatic heterocycles. The Morgan fingerprint density at radius 3 is 1.59 bits per heavy atom. The molecule has 27 heavy (non-hydrogen) atoms. The number of nitrogens with one attached hydrogen (secondary N) is 1. The second-order valence-electron chi connectivity index (χ2n) is 7.04. The van der Waals surface area contributed by atoms with Gasteiger partial charge in [-0.05, 0) is 26.0 Å². The maximum atomic E-state index is 6.33. The Morgan fingerprint density at radius 1 is 0.778 bits per heavy atom. The molecule has 7 heteroatoms. The van der Waals surface area contributed by atoms with Gasteiger partial charge in [0.2, 0.25) is 0 Å². The molecule has 0 aromatic heterocycles. The summed E-state index contributed by atoms with van der Waals surface area (Å²) in [5.41, 5.74) is 0.704. The number of hydrogen-bond donors (Lipinski definition) is 1. The molecule has 0 spiro atoms. The van der Waals surface area contributed by atoms with Crippen molar-refractivity contribution in [1.29, 1.82) is 0 Å². The minimum atomic E-state index is -0.564. The van der Waals surface area contributed by atoms with E-state index in [2.05, 4.69) is 15.3 Å². The van der Waals surface area contributed by atoms with Gasteiger partial charge in [-0.2, -0.15) is 0 Å². The van der Waals surface area contributed by atoms with E-state index in [1.165, 1.54) is 0 Å². The van der Waals surface area contributed by atoms with Crippen LogP contribution in [0.15, 0.2) is 58.5 Å². The average molecular weight is 404 g/mol. The lowest BCUT2D eigenvalue weighted by atomic mass is 9.94. The molecule has 2 aromatic carbocycles. The van der Waals surface area contributed by atoms with E-state index < -0.39 is 11.1 Å². The molecule has 0 saturated heterocycles. The van der Waals surface area contributed by atoms with Crippen LogP contribution in [-0.2, 0) is 20.6 Å². The summed E-state index contributed by atoms with van der Waals surface area (Å²) in [5.74, 6) is 0. The third-order valence-electron chi connectivity index (χ3n) is 4.80. The average Bonchev–Trinajstić information content (AvgIpc) is 3.20. The summed E-state index contributed by atoms with van der Waals surface area (Å²) < 4.78 is 11.5. The predicted molar refractivity (Wildman–Crippen MR) is 108 cm³/mol. The van der Waals surface area contributed by atoms with Crippen LogP contribution in [0.3, 0.4) is 0 Å². The third kappa shape index (κ3) is 3.37. The zero-order valence-corrected chi connectivity index (χ0v) is 16.5. The Kier molecular flexibility index (Phi) is 4.52. The van der Waals surface area contributed by atoms with Gasteiger partial charge in [0.25, 0.3) is 12.0 Å². The molecule has 2 aliphatic rings. The summed E-state index contributed by atoms with van der Waals surface area (Å²) in [6, 6.07) is 16.0. The normalized spacial score (nSPS) is 26.8. The van der Waals surface area contributed by atoms with E-state index >= 15 is 0 Å². The molecular weight excluding hydrogens is 385 g/mol. The van der Waals surface area contributed by atoms with Crippen molar-refractivity contribution in [3.63, 3.8) is 0 Å². The zero-order chi connectivity index (χ0) is 19.1. The lowest BCUT2D eigenvalue weighted by Gasteiger charge is -2.19. The molecule has 0 amide bonds. The molecule has 2 atom stereocenters. The van der Waals surface area contributed by atoms with E-state index in [4.69, 9.17) is 32.7 Å². The van der Waals surface area contributed by atoms with Crippen LogP contribution in [0.5, 0.6) is 0 Å². The highest BCUT2D eigenvalue weighted by Crippen LogP contribution is 2.36. The molecule has 0 fully saturated rings. The maximum Gasteiger partial charge on any atom is 0.293 e. The number of ether oxygens (including phenoxy) is 2. The topological polar surface area (TPSA) is 55.2 Å². The van der Waals surface area contributed by atoms with Crippen molar-refractivity contribution in [3.8, 4) is 0 Å². The Labute approximate surface area is 168 Å². The molecule has 2 unspecified atom stereocenters. The van der Waals surface area contributed by atoms with E-state index in [9.17, 15) is 0 Å². The molecule has 1 N–H and O–H groups in total. The molecule has 2 heterocycles. The Balaban J connectivity index is 1.55. The van der Waals surface area contributed by atoms with Crippen LogP contribution in [0.25, 0.3) is 0 Å². The van der Waals surface area contributed by atoms with Gasteiger partial charge in [-0.25, -0.2) is 9.98 Å². The number of aliphatic imine (C=N–C) groups is 2. The number of rotatable bonds is 2. The Bertz CT molecular complexity index is 871. The van der Waals surface area contributed by atoms with Gasteiger partial charge in [0, 0.05) is 21.2 Å². The fraction of sp³-hybridized carbons (Fsp3) is 0.300. The Morgan fingerprint density at radius 2 is 1.19 bits per heavy atom. The highest BCUT2D eigenvalue weighted by atomic mass is 35.5. The summed E-state index contributed by atoms with van der Waals surface area (Å²) in [6.07, 6.45) is 0. The zero-order valence-electron chi connectivity index (χ0n) is 15.0. The SMILES string of the molecule is CC1(c2ccccc2Cl)COC(NC2=NC(C)(c3ccccc3Cl)CO2)=N1. The molecular formula is C20H19Cl2N3O2. The molecule has 0 saturated carbocycles. The second-order valence-corrected chi connectivity index (χ2v) is 7.86. The van der Waals surface area contributed by atoms with Crippen LogP contribution in [0.1, 0.15) is 25.0 Å². The number of benzene rings is 2. The van der Waals surface area contributed by atoms with Crippen molar-refractivity contribution in [1.82, 2.24) is 5.32 Å². The molecule has 4 rings (SSSR count). The van der Waals surface area contributed by atoms with Crippen LogP contribution >= 0.6 is 23.2 Å². The van der Waals surface area contributed by atoms with Crippen LogP contribution in [-0.4, -0.2) is 25.3 Å². The standard InChI is InChI=1S/C20H19Cl2N3O2/c1-19(13-7-3-5-9-15(13)21)11-26-17(24-19)23-18-25-20(2,12-27-18)14-8-4-6-10-16(14)22/h3-10H,11-12H2,1-2H3,(H,23,24,25). The fourth-order valence-corrected chi connectivity index (χ4v) is 3.97. The van der Waals surface area contributed by atoms with Gasteiger partial charge < -0.3 is 9.47 Å². The lowest BCUT2D eigenvalue weighted by Crippen LogP contribution is -2.30. The van der Waals surface area contributed by atoms with Crippen molar-refractivity contribution in [3.05, 3.63) is 69.7 Å². The smallest absolute Gasteiger partial charge is 0.293 e. The minimum absolute atomic E-state index is 0.361. The summed E-state index contributed by atoms with van der Waals surface area (Å²) in [4.78, 5) is 9.33. The highest BCUT2D eigenvalue weighted by Gasteiger charge is 2.39. The summed E-state index contributed by atoms with van der Waals surface area (Å²) >= 11 is 12.7. The van der Waals surface area contributed by atoms with Crippen LogP contribution in [0, 0.1) is 0 Å². The number of nitrogens with zero attached hydrogens (tertiary/aromatic N) is 2. The van der Waals surface area contributed by atoms with Gasteiger partial charge >= 0.3 is 0 Å². The van der Waals surface area contributed by atoms with Crippen molar-refractivity contribution in [2.45, 2.75) is 24.9 Å². The minimum Gasteiger partial charge on any atom is -0.462 e. The summed E-state index contributed by atoms with van der Waals surface area (Å²) in [7, 11) is 0. The van der Waals surface area contributed by atoms with Crippen molar-refractivity contribution in [2.75, 3.05) is 13.2 Å². The van der Waals surface area contributed by atoms with Gasteiger partial charge in [0.15, 0.2) is 0 Å². The number of halogens is 2. The largest absolute Gasteiger partial charge is 0.462 e. The number of amidine groups is 2. The van der Waals surface area contributed by atoms with Gasteiger partial charge in [-0.3, -0.25) is 5.32 Å².